The number of rotatable bonds is 2. The monoisotopic (exact) mass is 328 g/mol. The first kappa shape index (κ1) is 18.4. The number of halogens is 2. The van der Waals surface area contributed by atoms with E-state index in [1.165, 1.54) is 43.4 Å². The van der Waals surface area contributed by atoms with Gasteiger partial charge in [-0.2, -0.15) is 0 Å². The van der Waals surface area contributed by atoms with Gasteiger partial charge in [-0.15, -0.1) is 6.58 Å². The Morgan fingerprint density at radius 3 is 1.96 bits per heavy atom. The molecular formula is C22H26F2. The molecule has 0 N–H and O–H groups in total. The van der Waals surface area contributed by atoms with Crippen LogP contribution >= 0.6 is 0 Å². The lowest BCUT2D eigenvalue weighted by molar-refractivity contribution is 0.348. The van der Waals surface area contributed by atoms with Crippen LogP contribution in [-0.2, 0) is 0 Å². The van der Waals surface area contributed by atoms with Gasteiger partial charge in [-0.3, -0.25) is 0 Å². The third kappa shape index (κ3) is 4.77. The summed E-state index contributed by atoms with van der Waals surface area (Å²) in [4.78, 5) is 0. The largest absolute Gasteiger partial charge is 0.204 e. The summed E-state index contributed by atoms with van der Waals surface area (Å²) >= 11 is 0. The van der Waals surface area contributed by atoms with Gasteiger partial charge in [-0.05, 0) is 60.4 Å². The first-order chi connectivity index (χ1) is 11.5. The van der Waals surface area contributed by atoms with Crippen molar-refractivity contribution in [1.82, 2.24) is 0 Å². The van der Waals surface area contributed by atoms with Crippen LogP contribution in [0.2, 0.25) is 0 Å². The van der Waals surface area contributed by atoms with Crippen molar-refractivity contribution >= 4 is 0 Å². The van der Waals surface area contributed by atoms with Gasteiger partial charge >= 0.3 is 0 Å². The predicted octanol–water partition coefficient (Wildman–Crippen LogP) is 7.12. The van der Waals surface area contributed by atoms with Crippen LogP contribution in [0.1, 0.15) is 51.0 Å². The Morgan fingerprint density at radius 2 is 1.42 bits per heavy atom. The second kappa shape index (κ2) is 8.77. The standard InChI is InChI=1S/C19H20F2.C3H6/c1-13-2-4-14(5-3-13)15-6-8-16(9-7-15)17-10-11-18(20)19(21)12-17;1-3-2/h6-14H,2-5H2,1H3;3H,1H2,2H3. The Balaban J connectivity index is 0.000000647. The van der Waals surface area contributed by atoms with Crippen LogP contribution < -0.4 is 0 Å². The third-order valence-corrected chi connectivity index (χ3v) is 4.65. The highest BCUT2D eigenvalue weighted by molar-refractivity contribution is 5.63. The molecule has 0 saturated heterocycles. The van der Waals surface area contributed by atoms with E-state index < -0.39 is 11.6 Å². The fraction of sp³-hybridized carbons (Fsp3) is 0.364. The average molecular weight is 328 g/mol. The van der Waals surface area contributed by atoms with Crippen molar-refractivity contribution in [3.8, 4) is 11.1 Å². The molecule has 0 unspecified atom stereocenters. The zero-order valence-electron chi connectivity index (χ0n) is 14.6. The Hall–Kier alpha value is -1.96. The van der Waals surface area contributed by atoms with Crippen LogP contribution in [0.25, 0.3) is 11.1 Å². The molecule has 2 heteroatoms. The fourth-order valence-electron chi connectivity index (χ4n) is 3.22. The minimum Gasteiger partial charge on any atom is -0.204 e. The van der Waals surface area contributed by atoms with Gasteiger partial charge in [-0.1, -0.05) is 56.2 Å². The summed E-state index contributed by atoms with van der Waals surface area (Å²) in [5.41, 5.74) is 3.02. The molecule has 0 spiro atoms. The number of hydrogen-bond acceptors (Lipinski definition) is 0. The maximum Gasteiger partial charge on any atom is 0.159 e. The van der Waals surface area contributed by atoms with E-state index in [1.807, 2.05) is 19.1 Å². The van der Waals surface area contributed by atoms with Crippen molar-refractivity contribution in [2.24, 2.45) is 5.92 Å². The number of allylic oxidation sites excluding steroid dienone is 1. The summed E-state index contributed by atoms with van der Waals surface area (Å²) in [5, 5.41) is 0. The average Bonchev–Trinajstić information content (AvgIpc) is 2.59. The van der Waals surface area contributed by atoms with E-state index in [-0.39, 0.29) is 0 Å². The van der Waals surface area contributed by atoms with Crippen molar-refractivity contribution in [2.45, 2.75) is 45.4 Å². The molecular weight excluding hydrogens is 302 g/mol. The summed E-state index contributed by atoms with van der Waals surface area (Å²) in [6, 6.07) is 12.4. The van der Waals surface area contributed by atoms with E-state index >= 15 is 0 Å². The van der Waals surface area contributed by atoms with Crippen molar-refractivity contribution in [1.29, 1.82) is 0 Å². The second-order valence-electron chi connectivity index (χ2n) is 6.62. The summed E-state index contributed by atoms with van der Waals surface area (Å²) in [6.07, 6.45) is 6.86. The van der Waals surface area contributed by atoms with E-state index in [2.05, 4.69) is 25.6 Å². The number of benzene rings is 2. The molecule has 3 rings (SSSR count). The minimum absolute atomic E-state index is 0.653. The van der Waals surface area contributed by atoms with Crippen molar-refractivity contribution < 1.29 is 8.78 Å². The molecule has 0 radical (unpaired) electrons. The fourth-order valence-corrected chi connectivity index (χ4v) is 3.22. The molecule has 128 valence electrons. The third-order valence-electron chi connectivity index (χ3n) is 4.65. The minimum atomic E-state index is -0.799. The summed E-state index contributed by atoms with van der Waals surface area (Å²) in [6.45, 7) is 7.57. The predicted molar refractivity (Wildman–Crippen MR) is 98.0 cm³/mol. The van der Waals surface area contributed by atoms with Crippen molar-refractivity contribution in [3.63, 3.8) is 0 Å². The Labute approximate surface area is 144 Å². The maximum atomic E-state index is 13.3. The van der Waals surface area contributed by atoms with Gasteiger partial charge < -0.3 is 0 Å². The smallest absolute Gasteiger partial charge is 0.159 e. The molecule has 0 aliphatic heterocycles. The SMILES string of the molecule is C=CC.CC1CCC(c2ccc(-c3ccc(F)c(F)c3)cc2)CC1. The van der Waals surface area contributed by atoms with Crippen LogP contribution in [0.3, 0.4) is 0 Å². The lowest BCUT2D eigenvalue weighted by Gasteiger charge is -2.26. The molecule has 2 aromatic carbocycles. The summed E-state index contributed by atoms with van der Waals surface area (Å²) < 4.78 is 26.3. The molecule has 0 nitrogen and oxygen atoms in total. The highest BCUT2D eigenvalue weighted by Crippen LogP contribution is 2.36. The normalized spacial score (nSPS) is 20.0. The van der Waals surface area contributed by atoms with Crippen LogP contribution in [0.5, 0.6) is 0 Å². The van der Waals surface area contributed by atoms with Crippen molar-refractivity contribution in [2.75, 3.05) is 0 Å². The first-order valence-electron chi connectivity index (χ1n) is 8.67. The van der Waals surface area contributed by atoms with E-state index in [0.717, 1.165) is 17.0 Å². The van der Waals surface area contributed by atoms with Gasteiger partial charge in [0, 0.05) is 0 Å². The van der Waals surface area contributed by atoms with Gasteiger partial charge in [0.1, 0.15) is 0 Å². The highest BCUT2D eigenvalue weighted by Gasteiger charge is 2.19. The zero-order valence-corrected chi connectivity index (χ0v) is 14.6. The van der Waals surface area contributed by atoms with E-state index in [4.69, 9.17) is 0 Å². The lowest BCUT2D eigenvalue weighted by atomic mass is 9.79. The molecule has 0 aromatic heterocycles. The van der Waals surface area contributed by atoms with Crippen LogP contribution in [-0.4, -0.2) is 0 Å². The quantitative estimate of drug-likeness (QED) is 0.515. The molecule has 2 aromatic rings. The van der Waals surface area contributed by atoms with Gasteiger partial charge in [-0.25, -0.2) is 8.78 Å². The van der Waals surface area contributed by atoms with Crippen LogP contribution in [0, 0.1) is 17.6 Å². The Kier molecular flexibility index (Phi) is 6.72. The zero-order chi connectivity index (χ0) is 17.5. The molecule has 1 aliphatic carbocycles. The van der Waals surface area contributed by atoms with E-state index in [0.29, 0.717) is 5.92 Å². The molecule has 1 aliphatic rings. The number of hydrogen-bond donors (Lipinski definition) is 0. The lowest BCUT2D eigenvalue weighted by Crippen LogP contribution is -2.10. The van der Waals surface area contributed by atoms with Crippen LogP contribution in [0.4, 0.5) is 8.78 Å². The molecule has 24 heavy (non-hydrogen) atoms. The molecule has 0 amide bonds. The highest BCUT2D eigenvalue weighted by atomic mass is 19.2. The van der Waals surface area contributed by atoms with Gasteiger partial charge in [0.05, 0.1) is 0 Å². The molecule has 0 bridgehead atoms. The Morgan fingerprint density at radius 1 is 0.875 bits per heavy atom. The van der Waals surface area contributed by atoms with Gasteiger partial charge in [0.2, 0.25) is 0 Å². The van der Waals surface area contributed by atoms with E-state index in [1.54, 1.807) is 12.1 Å². The van der Waals surface area contributed by atoms with Gasteiger partial charge in [0.25, 0.3) is 0 Å². The van der Waals surface area contributed by atoms with Crippen LogP contribution in [0.15, 0.2) is 55.1 Å². The molecule has 0 heterocycles. The molecule has 0 atom stereocenters. The molecule has 1 saturated carbocycles. The van der Waals surface area contributed by atoms with E-state index in [9.17, 15) is 8.78 Å². The van der Waals surface area contributed by atoms with Crippen molar-refractivity contribution in [3.05, 3.63) is 72.3 Å². The first-order valence-corrected chi connectivity index (χ1v) is 8.67. The topological polar surface area (TPSA) is 0 Å². The molecule has 1 fully saturated rings. The second-order valence-corrected chi connectivity index (χ2v) is 6.62. The summed E-state index contributed by atoms with van der Waals surface area (Å²) in [5.74, 6) is -0.0903. The summed E-state index contributed by atoms with van der Waals surface area (Å²) in [7, 11) is 0. The Bertz CT molecular complexity index is 650. The van der Waals surface area contributed by atoms with Gasteiger partial charge in [0.15, 0.2) is 11.6 Å². The maximum absolute atomic E-state index is 13.3.